The Morgan fingerprint density at radius 2 is 2.06 bits per heavy atom. The van der Waals surface area contributed by atoms with Crippen molar-refractivity contribution in [1.29, 1.82) is 0 Å². The van der Waals surface area contributed by atoms with Crippen LogP contribution in [0.4, 0.5) is 4.79 Å². The van der Waals surface area contributed by atoms with Gasteiger partial charge in [-0.15, -0.1) is 0 Å². The molecule has 6 heteroatoms. The Morgan fingerprint density at radius 3 is 2.47 bits per heavy atom. The van der Waals surface area contributed by atoms with Gasteiger partial charge in [-0.1, -0.05) is 0 Å². The molecule has 0 aromatic carbocycles. The van der Waals surface area contributed by atoms with E-state index in [1.54, 1.807) is 20.8 Å². The second-order valence-electron chi connectivity index (χ2n) is 5.66. The van der Waals surface area contributed by atoms with Gasteiger partial charge < -0.3 is 20.1 Å². The summed E-state index contributed by atoms with van der Waals surface area (Å²) in [7, 11) is 0. The summed E-state index contributed by atoms with van der Waals surface area (Å²) in [5, 5.41) is 28.8. The number of carbonyl (C=O) groups excluding carboxylic acids is 1. The summed E-state index contributed by atoms with van der Waals surface area (Å²) in [6, 6.07) is -0.833. The number of nitrogens with zero attached hydrogens (tertiary/aromatic N) is 1. The molecule has 1 amide bonds. The molecule has 3 N–H and O–H groups in total. The summed E-state index contributed by atoms with van der Waals surface area (Å²) in [5.74, 6) is 0. The van der Waals surface area contributed by atoms with Gasteiger partial charge in [-0.2, -0.15) is 0 Å². The van der Waals surface area contributed by atoms with Crippen LogP contribution in [0.2, 0.25) is 0 Å². The topological polar surface area (TPSA) is 90.2 Å². The lowest BCUT2D eigenvalue weighted by molar-refractivity contribution is -0.0418. The predicted molar refractivity (Wildman–Crippen MR) is 60.4 cm³/mol. The van der Waals surface area contributed by atoms with Crippen molar-refractivity contribution < 1.29 is 24.9 Å². The highest BCUT2D eigenvalue weighted by Gasteiger charge is 2.50. The number of β-amino-alcohol motifs (C(OH)–C–C–N with tert-alkyl or cyclic N) is 1. The standard InChI is InChI=1S/C11H21NO5/c1-10(2,3)17-9(15)12-6-11(4,16)8(14)7(12)5-13/h7-8,13-14,16H,5-6H2,1-4H3. The first-order valence-electron chi connectivity index (χ1n) is 5.59. The van der Waals surface area contributed by atoms with Crippen molar-refractivity contribution in [3.8, 4) is 0 Å². The van der Waals surface area contributed by atoms with E-state index in [0.717, 1.165) is 4.90 Å². The largest absolute Gasteiger partial charge is 0.444 e. The number of aliphatic hydroxyl groups is 3. The third kappa shape index (κ3) is 3.08. The van der Waals surface area contributed by atoms with Crippen LogP contribution < -0.4 is 0 Å². The molecule has 100 valence electrons. The van der Waals surface area contributed by atoms with E-state index in [-0.39, 0.29) is 6.54 Å². The average molecular weight is 247 g/mol. The summed E-state index contributed by atoms with van der Waals surface area (Å²) >= 11 is 0. The molecule has 1 aliphatic heterocycles. The Hall–Kier alpha value is -0.850. The molecule has 3 unspecified atom stereocenters. The van der Waals surface area contributed by atoms with Crippen LogP contribution in [0.25, 0.3) is 0 Å². The molecule has 1 saturated heterocycles. The Labute approximate surface area is 101 Å². The highest BCUT2D eigenvalue weighted by Crippen LogP contribution is 2.28. The van der Waals surface area contributed by atoms with Gasteiger partial charge in [-0.3, -0.25) is 4.90 Å². The van der Waals surface area contributed by atoms with E-state index in [0.29, 0.717) is 0 Å². The van der Waals surface area contributed by atoms with Gasteiger partial charge in [0.2, 0.25) is 0 Å². The molecule has 0 aliphatic carbocycles. The van der Waals surface area contributed by atoms with E-state index >= 15 is 0 Å². The SMILES string of the molecule is CC(C)(C)OC(=O)N1CC(C)(O)C(O)C1CO. The number of rotatable bonds is 1. The van der Waals surface area contributed by atoms with Gasteiger partial charge in [0.05, 0.1) is 19.2 Å². The van der Waals surface area contributed by atoms with Crippen molar-refractivity contribution in [1.82, 2.24) is 4.90 Å². The molecular formula is C11H21NO5. The normalized spacial score (nSPS) is 33.9. The quantitative estimate of drug-likeness (QED) is 0.592. The van der Waals surface area contributed by atoms with E-state index in [1.807, 2.05) is 0 Å². The van der Waals surface area contributed by atoms with E-state index in [1.165, 1.54) is 6.92 Å². The molecule has 0 aromatic heterocycles. The fraction of sp³-hybridized carbons (Fsp3) is 0.909. The molecule has 0 aromatic rings. The Morgan fingerprint density at radius 1 is 1.53 bits per heavy atom. The molecule has 17 heavy (non-hydrogen) atoms. The maximum Gasteiger partial charge on any atom is 0.410 e. The van der Waals surface area contributed by atoms with Crippen LogP contribution in [0.5, 0.6) is 0 Å². The zero-order valence-electron chi connectivity index (χ0n) is 10.7. The first-order chi connectivity index (χ1) is 7.58. The first kappa shape index (κ1) is 14.2. The van der Waals surface area contributed by atoms with Crippen LogP contribution in [0.3, 0.4) is 0 Å². The molecule has 3 atom stereocenters. The monoisotopic (exact) mass is 247 g/mol. The van der Waals surface area contributed by atoms with Crippen molar-refractivity contribution in [3.63, 3.8) is 0 Å². The van der Waals surface area contributed by atoms with Gasteiger partial charge >= 0.3 is 6.09 Å². The minimum atomic E-state index is -1.43. The molecular weight excluding hydrogens is 226 g/mol. The van der Waals surface area contributed by atoms with E-state index in [9.17, 15) is 15.0 Å². The second-order valence-corrected chi connectivity index (χ2v) is 5.66. The third-order valence-corrected chi connectivity index (χ3v) is 2.71. The van der Waals surface area contributed by atoms with Crippen LogP contribution in [0.15, 0.2) is 0 Å². The molecule has 6 nitrogen and oxygen atoms in total. The smallest absolute Gasteiger partial charge is 0.410 e. The van der Waals surface area contributed by atoms with Crippen LogP contribution >= 0.6 is 0 Å². The molecule has 0 saturated carbocycles. The average Bonchev–Trinajstić information content (AvgIpc) is 2.36. The van der Waals surface area contributed by atoms with E-state index < -0.39 is 36.0 Å². The third-order valence-electron chi connectivity index (χ3n) is 2.71. The maximum absolute atomic E-state index is 11.8. The van der Waals surface area contributed by atoms with Crippen molar-refractivity contribution in [2.24, 2.45) is 0 Å². The van der Waals surface area contributed by atoms with Crippen LogP contribution in [-0.4, -0.2) is 62.8 Å². The lowest BCUT2D eigenvalue weighted by Crippen LogP contribution is -2.45. The fourth-order valence-corrected chi connectivity index (χ4v) is 1.86. The number of hydrogen-bond acceptors (Lipinski definition) is 5. The predicted octanol–water partition coefficient (Wildman–Crippen LogP) is -0.290. The number of hydrogen-bond donors (Lipinski definition) is 3. The van der Waals surface area contributed by atoms with E-state index in [4.69, 9.17) is 9.84 Å². The number of amides is 1. The van der Waals surface area contributed by atoms with E-state index in [2.05, 4.69) is 0 Å². The summed E-state index contributed by atoms with van der Waals surface area (Å²) in [6.45, 7) is 6.12. The van der Waals surface area contributed by atoms with Crippen LogP contribution in [0, 0.1) is 0 Å². The molecule has 0 bridgehead atoms. The van der Waals surface area contributed by atoms with Crippen molar-refractivity contribution in [2.75, 3.05) is 13.2 Å². The van der Waals surface area contributed by atoms with Crippen LogP contribution in [-0.2, 0) is 4.74 Å². The summed E-state index contributed by atoms with van der Waals surface area (Å²) in [5.41, 5.74) is -2.08. The Balaban J connectivity index is 2.81. The summed E-state index contributed by atoms with van der Waals surface area (Å²) in [6.07, 6.45) is -1.83. The molecule has 1 rings (SSSR count). The van der Waals surface area contributed by atoms with Crippen molar-refractivity contribution >= 4 is 6.09 Å². The van der Waals surface area contributed by atoms with Gasteiger partial charge in [0.1, 0.15) is 17.3 Å². The van der Waals surface area contributed by atoms with Crippen molar-refractivity contribution in [3.05, 3.63) is 0 Å². The highest BCUT2D eigenvalue weighted by molar-refractivity contribution is 5.69. The number of ether oxygens (including phenoxy) is 1. The summed E-state index contributed by atoms with van der Waals surface area (Å²) in [4.78, 5) is 13.0. The first-order valence-corrected chi connectivity index (χ1v) is 5.59. The molecule has 1 heterocycles. The number of aliphatic hydroxyl groups excluding tert-OH is 2. The zero-order chi connectivity index (χ0) is 13.4. The van der Waals surface area contributed by atoms with Crippen molar-refractivity contribution in [2.45, 2.75) is 51.0 Å². The molecule has 1 fully saturated rings. The minimum Gasteiger partial charge on any atom is -0.444 e. The zero-order valence-corrected chi connectivity index (χ0v) is 10.7. The van der Waals surface area contributed by atoms with Crippen LogP contribution in [0.1, 0.15) is 27.7 Å². The Bertz CT molecular complexity index is 297. The van der Waals surface area contributed by atoms with Gasteiger partial charge in [-0.05, 0) is 27.7 Å². The summed E-state index contributed by atoms with van der Waals surface area (Å²) < 4.78 is 5.15. The lowest BCUT2D eigenvalue weighted by atomic mass is 10.00. The fourth-order valence-electron chi connectivity index (χ4n) is 1.86. The maximum atomic E-state index is 11.8. The number of likely N-dealkylation sites (tertiary alicyclic amines) is 1. The minimum absolute atomic E-state index is 0.0612. The van der Waals surface area contributed by atoms with Gasteiger partial charge in [0.15, 0.2) is 0 Å². The molecule has 0 radical (unpaired) electrons. The molecule has 1 aliphatic rings. The highest BCUT2D eigenvalue weighted by atomic mass is 16.6. The lowest BCUT2D eigenvalue weighted by Gasteiger charge is -2.28. The van der Waals surface area contributed by atoms with Gasteiger partial charge in [0, 0.05) is 0 Å². The molecule has 0 spiro atoms. The number of carbonyl (C=O) groups is 1. The van der Waals surface area contributed by atoms with Gasteiger partial charge in [-0.25, -0.2) is 4.79 Å². The second kappa shape index (κ2) is 4.44. The Kier molecular flexibility index (Phi) is 3.71. The van der Waals surface area contributed by atoms with Gasteiger partial charge in [0.25, 0.3) is 0 Å².